The maximum Gasteiger partial charge on any atom is 0.276 e. The molecular formula is C24H24N4O3. The molecule has 2 N–H and O–H groups in total. The number of aryl methyl sites for hydroxylation is 1. The van der Waals surface area contributed by atoms with E-state index in [0.717, 1.165) is 16.9 Å². The van der Waals surface area contributed by atoms with Gasteiger partial charge in [-0.1, -0.05) is 37.3 Å². The number of hydrogen-bond acceptors (Lipinski definition) is 4. The van der Waals surface area contributed by atoms with Crippen molar-refractivity contribution >= 4 is 23.4 Å². The third-order valence-corrected chi connectivity index (χ3v) is 5.89. The predicted molar refractivity (Wildman–Crippen MR) is 117 cm³/mol. The van der Waals surface area contributed by atoms with Crippen LogP contribution in [-0.2, 0) is 15.0 Å². The van der Waals surface area contributed by atoms with Crippen molar-refractivity contribution in [1.82, 2.24) is 15.1 Å². The molecule has 0 aliphatic carbocycles. The van der Waals surface area contributed by atoms with Crippen LogP contribution in [0.15, 0.2) is 60.7 Å². The van der Waals surface area contributed by atoms with E-state index in [-0.39, 0.29) is 17.7 Å². The third kappa shape index (κ3) is 3.86. The molecule has 1 unspecified atom stereocenters. The molecule has 158 valence electrons. The normalized spacial score (nSPS) is 18.5. The highest BCUT2D eigenvalue weighted by Crippen LogP contribution is 2.36. The summed E-state index contributed by atoms with van der Waals surface area (Å²) in [6.07, 6.45) is 1.39. The highest BCUT2D eigenvalue weighted by Gasteiger charge is 2.42. The van der Waals surface area contributed by atoms with Crippen molar-refractivity contribution in [3.63, 3.8) is 0 Å². The number of para-hydroxylation sites is 1. The molecule has 3 amide bonds. The summed E-state index contributed by atoms with van der Waals surface area (Å²) >= 11 is 0. The van der Waals surface area contributed by atoms with Crippen molar-refractivity contribution in [2.45, 2.75) is 38.5 Å². The van der Waals surface area contributed by atoms with Crippen molar-refractivity contribution in [3.8, 4) is 5.69 Å². The summed E-state index contributed by atoms with van der Waals surface area (Å²) in [6, 6.07) is 18.6. The van der Waals surface area contributed by atoms with Crippen LogP contribution < -0.4 is 10.6 Å². The molecule has 7 nitrogen and oxygen atoms in total. The van der Waals surface area contributed by atoms with Gasteiger partial charge in [-0.15, -0.1) is 0 Å². The van der Waals surface area contributed by atoms with Crippen molar-refractivity contribution in [1.29, 1.82) is 0 Å². The number of amides is 3. The van der Waals surface area contributed by atoms with Crippen molar-refractivity contribution in [2.24, 2.45) is 0 Å². The number of aromatic nitrogens is 2. The highest BCUT2D eigenvalue weighted by atomic mass is 16.2. The van der Waals surface area contributed by atoms with E-state index in [4.69, 9.17) is 0 Å². The van der Waals surface area contributed by atoms with Gasteiger partial charge in [0.2, 0.25) is 11.8 Å². The fraction of sp³-hybridized carbons (Fsp3) is 0.250. The second-order valence-electron chi connectivity index (χ2n) is 7.76. The van der Waals surface area contributed by atoms with Crippen LogP contribution in [0.25, 0.3) is 5.69 Å². The molecule has 0 saturated carbocycles. The minimum Gasteiger partial charge on any atom is -0.321 e. The molecule has 2 heterocycles. The molecule has 4 rings (SSSR count). The maximum atomic E-state index is 12.7. The van der Waals surface area contributed by atoms with Crippen molar-refractivity contribution in [2.75, 3.05) is 5.32 Å². The minimum absolute atomic E-state index is 0.233. The van der Waals surface area contributed by atoms with Gasteiger partial charge in [0.1, 0.15) is 0 Å². The number of benzene rings is 2. The fourth-order valence-electron chi connectivity index (χ4n) is 4.05. The third-order valence-electron chi connectivity index (χ3n) is 5.89. The van der Waals surface area contributed by atoms with Gasteiger partial charge in [-0.25, -0.2) is 4.68 Å². The standard InChI is InChI=1S/C24H24N4O3/c1-3-24(14-13-21(29)26-23(24)31)17-9-11-18(12-10-17)25-22(30)20-15-16(2)28(27-20)19-7-5-4-6-8-19/h4-12,15H,3,13-14H2,1-2H3,(H,25,30)(H,26,29,31). The molecule has 1 fully saturated rings. The van der Waals surface area contributed by atoms with Gasteiger partial charge in [-0.3, -0.25) is 19.7 Å². The zero-order valence-electron chi connectivity index (χ0n) is 17.5. The summed E-state index contributed by atoms with van der Waals surface area (Å²) < 4.78 is 1.73. The fourth-order valence-corrected chi connectivity index (χ4v) is 4.05. The molecule has 1 aliphatic rings. The Morgan fingerprint density at radius 3 is 2.48 bits per heavy atom. The summed E-state index contributed by atoms with van der Waals surface area (Å²) in [5.41, 5.74) is 2.79. The van der Waals surface area contributed by atoms with Gasteiger partial charge in [-0.05, 0) is 55.7 Å². The van der Waals surface area contributed by atoms with E-state index in [1.807, 2.05) is 56.3 Å². The first-order valence-electron chi connectivity index (χ1n) is 10.3. The largest absolute Gasteiger partial charge is 0.321 e. The first-order chi connectivity index (χ1) is 14.9. The Labute approximate surface area is 180 Å². The van der Waals surface area contributed by atoms with E-state index in [1.165, 1.54) is 0 Å². The van der Waals surface area contributed by atoms with Crippen LogP contribution in [0.2, 0.25) is 0 Å². The number of nitrogens with one attached hydrogen (secondary N) is 2. The van der Waals surface area contributed by atoms with E-state index >= 15 is 0 Å². The lowest BCUT2D eigenvalue weighted by atomic mass is 9.72. The van der Waals surface area contributed by atoms with Gasteiger partial charge < -0.3 is 5.32 Å². The Hall–Kier alpha value is -3.74. The van der Waals surface area contributed by atoms with E-state index in [2.05, 4.69) is 15.7 Å². The number of carbonyl (C=O) groups excluding carboxylic acids is 3. The molecule has 31 heavy (non-hydrogen) atoms. The van der Waals surface area contributed by atoms with Crippen LogP contribution in [0.1, 0.15) is 47.9 Å². The van der Waals surface area contributed by atoms with Crippen LogP contribution in [0.4, 0.5) is 5.69 Å². The second-order valence-corrected chi connectivity index (χ2v) is 7.76. The second kappa shape index (κ2) is 8.18. The van der Waals surface area contributed by atoms with Crippen molar-refractivity contribution in [3.05, 3.63) is 77.6 Å². The summed E-state index contributed by atoms with van der Waals surface area (Å²) in [5, 5.41) is 9.74. The number of imide groups is 1. The molecule has 0 radical (unpaired) electrons. The molecule has 1 atom stereocenters. The smallest absolute Gasteiger partial charge is 0.276 e. The zero-order valence-corrected chi connectivity index (χ0v) is 17.5. The van der Waals surface area contributed by atoms with E-state index in [9.17, 15) is 14.4 Å². The van der Waals surface area contributed by atoms with Gasteiger partial charge in [0.25, 0.3) is 5.91 Å². The van der Waals surface area contributed by atoms with Crippen LogP contribution in [0, 0.1) is 6.92 Å². The van der Waals surface area contributed by atoms with E-state index < -0.39 is 5.41 Å². The summed E-state index contributed by atoms with van der Waals surface area (Å²) in [7, 11) is 0. The molecule has 0 bridgehead atoms. The minimum atomic E-state index is -0.720. The molecule has 1 aromatic heterocycles. The van der Waals surface area contributed by atoms with Gasteiger partial charge in [0.15, 0.2) is 5.69 Å². The van der Waals surface area contributed by atoms with Crippen LogP contribution >= 0.6 is 0 Å². The maximum absolute atomic E-state index is 12.7. The number of anilines is 1. The number of nitrogens with zero attached hydrogens (tertiary/aromatic N) is 2. The highest BCUT2D eigenvalue weighted by molar-refractivity contribution is 6.04. The number of hydrogen-bond donors (Lipinski definition) is 2. The lowest BCUT2D eigenvalue weighted by molar-refractivity contribution is -0.138. The average molecular weight is 416 g/mol. The molecule has 3 aromatic rings. The Morgan fingerprint density at radius 1 is 1.13 bits per heavy atom. The predicted octanol–water partition coefficient (Wildman–Crippen LogP) is 3.52. The summed E-state index contributed by atoms with van der Waals surface area (Å²) in [5.74, 6) is -0.801. The summed E-state index contributed by atoms with van der Waals surface area (Å²) in [6.45, 7) is 3.84. The Bertz CT molecular complexity index is 1140. The Morgan fingerprint density at radius 2 is 1.84 bits per heavy atom. The zero-order chi connectivity index (χ0) is 22.0. The first-order valence-corrected chi connectivity index (χ1v) is 10.3. The number of piperidine rings is 1. The molecule has 7 heteroatoms. The van der Waals surface area contributed by atoms with Crippen LogP contribution in [-0.4, -0.2) is 27.5 Å². The van der Waals surface area contributed by atoms with Crippen molar-refractivity contribution < 1.29 is 14.4 Å². The number of rotatable bonds is 5. The average Bonchev–Trinajstić information content (AvgIpc) is 3.17. The lowest BCUT2D eigenvalue weighted by Crippen LogP contribution is -2.51. The van der Waals surface area contributed by atoms with E-state index in [1.54, 1.807) is 22.9 Å². The lowest BCUT2D eigenvalue weighted by Gasteiger charge is -2.35. The van der Waals surface area contributed by atoms with E-state index in [0.29, 0.717) is 30.6 Å². The molecule has 1 saturated heterocycles. The van der Waals surface area contributed by atoms with Crippen LogP contribution in [0.3, 0.4) is 0 Å². The van der Waals surface area contributed by atoms with Gasteiger partial charge in [0.05, 0.1) is 11.1 Å². The molecule has 0 spiro atoms. The molecular weight excluding hydrogens is 392 g/mol. The number of carbonyl (C=O) groups is 3. The first kappa shape index (κ1) is 20.5. The Balaban J connectivity index is 1.51. The summed E-state index contributed by atoms with van der Waals surface area (Å²) in [4.78, 5) is 36.8. The SMILES string of the molecule is CCC1(c2ccc(NC(=O)c3cc(C)n(-c4ccccc4)n3)cc2)CCC(=O)NC1=O. The van der Waals surface area contributed by atoms with Gasteiger partial charge >= 0.3 is 0 Å². The molecule has 1 aliphatic heterocycles. The molecule has 2 aromatic carbocycles. The Kier molecular flexibility index (Phi) is 5.42. The van der Waals surface area contributed by atoms with Gasteiger partial charge in [-0.2, -0.15) is 5.10 Å². The topological polar surface area (TPSA) is 93.1 Å². The van der Waals surface area contributed by atoms with Crippen LogP contribution in [0.5, 0.6) is 0 Å². The van der Waals surface area contributed by atoms with Gasteiger partial charge in [0, 0.05) is 17.8 Å². The quantitative estimate of drug-likeness (QED) is 0.623. The monoisotopic (exact) mass is 416 g/mol.